The molecule has 3 aromatic rings. The van der Waals surface area contributed by atoms with Gasteiger partial charge in [0.2, 0.25) is 5.91 Å². The zero-order valence-electron chi connectivity index (χ0n) is 13.4. The van der Waals surface area contributed by atoms with Crippen LogP contribution in [0.4, 0.5) is 11.4 Å². The molecule has 0 fully saturated rings. The van der Waals surface area contributed by atoms with Crippen molar-refractivity contribution in [2.45, 2.75) is 26.8 Å². The van der Waals surface area contributed by atoms with Gasteiger partial charge >= 0.3 is 0 Å². The van der Waals surface area contributed by atoms with Gasteiger partial charge in [0.05, 0.1) is 0 Å². The molecule has 0 radical (unpaired) electrons. The fourth-order valence-electron chi connectivity index (χ4n) is 2.34. The summed E-state index contributed by atoms with van der Waals surface area (Å²) < 4.78 is 5.45. The number of nitrogens with one attached hydrogen (secondary N) is 2. The molecule has 23 heavy (non-hydrogen) atoms. The molecule has 0 aliphatic carbocycles. The van der Waals surface area contributed by atoms with Crippen molar-refractivity contribution in [2.24, 2.45) is 0 Å². The third-order valence-corrected chi connectivity index (χ3v) is 3.59. The van der Waals surface area contributed by atoms with Gasteiger partial charge in [-0.3, -0.25) is 4.79 Å². The number of aryl methyl sites for hydroxylation is 2. The van der Waals surface area contributed by atoms with Crippen LogP contribution < -0.4 is 10.6 Å². The Labute approximate surface area is 134 Å². The number of rotatable bonds is 4. The van der Waals surface area contributed by atoms with E-state index in [9.17, 15) is 4.79 Å². The number of oxazole rings is 1. The van der Waals surface area contributed by atoms with Crippen molar-refractivity contribution in [1.29, 1.82) is 0 Å². The Balaban J connectivity index is 1.67. The Kier molecular flexibility index (Phi) is 4.02. The maximum absolute atomic E-state index is 12.3. The molecule has 1 aromatic heterocycles. The molecule has 0 aliphatic rings. The summed E-state index contributed by atoms with van der Waals surface area (Å²) in [6.45, 7) is 5.64. The highest BCUT2D eigenvalue weighted by Crippen LogP contribution is 2.20. The Morgan fingerprint density at radius 1 is 1.09 bits per heavy atom. The van der Waals surface area contributed by atoms with Gasteiger partial charge in [0, 0.05) is 18.3 Å². The highest BCUT2D eigenvalue weighted by molar-refractivity contribution is 5.96. The van der Waals surface area contributed by atoms with Crippen LogP contribution in [-0.4, -0.2) is 16.9 Å². The average Bonchev–Trinajstić information content (AvgIpc) is 2.88. The maximum atomic E-state index is 12.3. The largest absolute Gasteiger partial charge is 0.441 e. The number of aromatic nitrogens is 1. The van der Waals surface area contributed by atoms with Gasteiger partial charge in [0.15, 0.2) is 11.5 Å². The molecule has 5 nitrogen and oxygen atoms in total. The van der Waals surface area contributed by atoms with E-state index in [-0.39, 0.29) is 11.9 Å². The van der Waals surface area contributed by atoms with E-state index in [1.165, 1.54) is 0 Å². The van der Waals surface area contributed by atoms with Crippen LogP contribution >= 0.6 is 0 Å². The summed E-state index contributed by atoms with van der Waals surface area (Å²) in [5.74, 6) is 0.535. The highest BCUT2D eigenvalue weighted by Gasteiger charge is 2.13. The van der Waals surface area contributed by atoms with Gasteiger partial charge in [-0.05, 0) is 44.2 Å². The summed E-state index contributed by atoms with van der Waals surface area (Å²) in [4.78, 5) is 16.6. The summed E-state index contributed by atoms with van der Waals surface area (Å²) in [5, 5.41) is 6.08. The predicted molar refractivity (Wildman–Crippen MR) is 91.6 cm³/mol. The van der Waals surface area contributed by atoms with Crippen molar-refractivity contribution in [3.8, 4) is 0 Å². The molecule has 0 saturated carbocycles. The van der Waals surface area contributed by atoms with E-state index in [1.54, 1.807) is 0 Å². The van der Waals surface area contributed by atoms with E-state index in [0.717, 1.165) is 28.0 Å². The normalized spacial score (nSPS) is 12.1. The number of nitrogens with zero attached hydrogens (tertiary/aromatic N) is 1. The predicted octanol–water partition coefficient (Wildman–Crippen LogP) is 3.88. The topological polar surface area (TPSA) is 67.2 Å². The van der Waals surface area contributed by atoms with Gasteiger partial charge < -0.3 is 15.1 Å². The highest BCUT2D eigenvalue weighted by atomic mass is 16.3. The van der Waals surface area contributed by atoms with E-state index in [2.05, 4.69) is 15.6 Å². The summed E-state index contributed by atoms with van der Waals surface area (Å²) in [7, 11) is 0. The van der Waals surface area contributed by atoms with Crippen molar-refractivity contribution in [3.63, 3.8) is 0 Å². The number of carbonyl (C=O) groups excluding carboxylic acids is 1. The number of hydrogen-bond acceptors (Lipinski definition) is 4. The molecule has 0 aliphatic heterocycles. The second kappa shape index (κ2) is 6.12. The minimum atomic E-state index is -0.373. The molecule has 3 rings (SSSR count). The fraction of sp³-hybridized carbons (Fsp3) is 0.222. The number of fused-ring (bicyclic) bond motifs is 1. The first-order chi connectivity index (χ1) is 11.0. The lowest BCUT2D eigenvalue weighted by molar-refractivity contribution is -0.116. The molecule has 5 heteroatoms. The van der Waals surface area contributed by atoms with Crippen LogP contribution in [0.1, 0.15) is 18.4 Å². The molecular weight excluding hydrogens is 290 g/mol. The number of benzene rings is 2. The van der Waals surface area contributed by atoms with Gasteiger partial charge in [-0.25, -0.2) is 4.98 Å². The summed E-state index contributed by atoms with van der Waals surface area (Å²) in [6, 6.07) is 12.9. The van der Waals surface area contributed by atoms with E-state index in [0.29, 0.717) is 5.89 Å². The van der Waals surface area contributed by atoms with Crippen LogP contribution in [0.2, 0.25) is 0 Å². The van der Waals surface area contributed by atoms with Crippen molar-refractivity contribution < 1.29 is 9.21 Å². The smallest absolute Gasteiger partial charge is 0.246 e. The Morgan fingerprint density at radius 2 is 1.78 bits per heavy atom. The molecular formula is C18H19N3O2. The van der Waals surface area contributed by atoms with Crippen molar-refractivity contribution in [1.82, 2.24) is 4.98 Å². The molecule has 118 valence electrons. The van der Waals surface area contributed by atoms with Gasteiger partial charge in [-0.2, -0.15) is 0 Å². The third-order valence-electron chi connectivity index (χ3n) is 3.59. The van der Waals surface area contributed by atoms with Gasteiger partial charge in [-0.1, -0.05) is 17.7 Å². The lowest BCUT2D eigenvalue weighted by Gasteiger charge is -2.15. The molecule has 0 bridgehead atoms. The molecule has 0 spiro atoms. The van der Waals surface area contributed by atoms with Crippen LogP contribution in [0, 0.1) is 13.8 Å². The minimum absolute atomic E-state index is 0.0923. The van der Waals surface area contributed by atoms with Crippen LogP contribution in [-0.2, 0) is 4.79 Å². The van der Waals surface area contributed by atoms with Crippen molar-refractivity contribution in [2.75, 3.05) is 10.6 Å². The first kappa shape index (κ1) is 15.1. The van der Waals surface area contributed by atoms with Gasteiger partial charge in [0.1, 0.15) is 11.6 Å². The SMILES string of the molecule is Cc1ccc(NC(=O)C(C)Nc2ccc3oc(C)nc3c2)cc1. The lowest BCUT2D eigenvalue weighted by atomic mass is 10.2. The standard InChI is InChI=1S/C18H19N3O2/c1-11-4-6-14(7-5-11)21-18(22)12(2)19-15-8-9-17-16(10-15)20-13(3)23-17/h4-10,12,19H,1-3H3,(H,21,22). The van der Waals surface area contributed by atoms with E-state index in [1.807, 2.05) is 63.2 Å². The Morgan fingerprint density at radius 3 is 2.52 bits per heavy atom. The molecule has 2 aromatic carbocycles. The average molecular weight is 309 g/mol. The second-order valence-corrected chi connectivity index (χ2v) is 5.64. The van der Waals surface area contributed by atoms with E-state index in [4.69, 9.17) is 4.42 Å². The molecule has 2 N–H and O–H groups in total. The summed E-state index contributed by atoms with van der Waals surface area (Å²) in [6.07, 6.45) is 0. The fourth-order valence-corrected chi connectivity index (χ4v) is 2.34. The molecule has 1 heterocycles. The molecule has 0 saturated heterocycles. The minimum Gasteiger partial charge on any atom is -0.441 e. The first-order valence-electron chi connectivity index (χ1n) is 7.52. The zero-order valence-corrected chi connectivity index (χ0v) is 13.4. The van der Waals surface area contributed by atoms with E-state index < -0.39 is 0 Å². The van der Waals surface area contributed by atoms with E-state index >= 15 is 0 Å². The van der Waals surface area contributed by atoms with Crippen LogP contribution in [0.3, 0.4) is 0 Å². The number of hydrogen-bond donors (Lipinski definition) is 2. The summed E-state index contributed by atoms with van der Waals surface area (Å²) >= 11 is 0. The van der Waals surface area contributed by atoms with Crippen LogP contribution in [0.15, 0.2) is 46.9 Å². The van der Waals surface area contributed by atoms with Crippen LogP contribution in [0.25, 0.3) is 11.1 Å². The third kappa shape index (κ3) is 3.51. The maximum Gasteiger partial charge on any atom is 0.246 e. The van der Waals surface area contributed by atoms with Crippen LogP contribution in [0.5, 0.6) is 0 Å². The van der Waals surface area contributed by atoms with Gasteiger partial charge in [-0.15, -0.1) is 0 Å². The molecule has 1 atom stereocenters. The number of amides is 1. The van der Waals surface area contributed by atoms with Crippen molar-refractivity contribution >= 4 is 28.4 Å². The Hall–Kier alpha value is -2.82. The number of carbonyl (C=O) groups is 1. The number of anilines is 2. The first-order valence-corrected chi connectivity index (χ1v) is 7.52. The second-order valence-electron chi connectivity index (χ2n) is 5.64. The lowest BCUT2D eigenvalue weighted by Crippen LogP contribution is -2.31. The van der Waals surface area contributed by atoms with Crippen molar-refractivity contribution in [3.05, 3.63) is 53.9 Å². The Bertz CT molecular complexity index is 837. The summed E-state index contributed by atoms with van der Waals surface area (Å²) in [5.41, 5.74) is 4.29. The molecule has 1 unspecified atom stereocenters. The van der Waals surface area contributed by atoms with Gasteiger partial charge in [0.25, 0.3) is 0 Å². The zero-order chi connectivity index (χ0) is 16.4. The monoisotopic (exact) mass is 309 g/mol. The quantitative estimate of drug-likeness (QED) is 0.767. The molecule has 1 amide bonds.